The Hall–Kier alpha value is -1.50. The van der Waals surface area contributed by atoms with Crippen molar-refractivity contribution in [3.05, 3.63) is 54.3 Å². The van der Waals surface area contributed by atoms with Gasteiger partial charge in [0.05, 0.1) is 0 Å². The van der Waals surface area contributed by atoms with Crippen molar-refractivity contribution in [2.75, 3.05) is 5.32 Å². The first-order valence-corrected chi connectivity index (χ1v) is 5.00. The van der Waals surface area contributed by atoms with Crippen molar-refractivity contribution >= 4 is 5.69 Å². The van der Waals surface area contributed by atoms with E-state index in [4.69, 9.17) is 0 Å². The van der Waals surface area contributed by atoms with Crippen LogP contribution in [0.5, 0.6) is 0 Å². The van der Waals surface area contributed by atoms with Gasteiger partial charge in [-0.15, -0.1) is 0 Å². The van der Waals surface area contributed by atoms with Gasteiger partial charge in [-0.05, 0) is 42.5 Å². The Bertz CT molecular complexity index is 377. The lowest BCUT2D eigenvalue weighted by atomic mass is 10.1. The Morgan fingerprint density at radius 1 is 1.36 bits per heavy atom. The summed E-state index contributed by atoms with van der Waals surface area (Å²) in [6.45, 7) is 7.55. The van der Waals surface area contributed by atoms with Gasteiger partial charge in [-0.1, -0.05) is 25.3 Å². The predicted molar refractivity (Wildman–Crippen MR) is 61.4 cm³/mol. The summed E-state index contributed by atoms with van der Waals surface area (Å²) in [7, 11) is 0. The molecule has 1 N–H and O–H groups in total. The minimum Gasteiger partial charge on any atom is -0.356 e. The summed E-state index contributed by atoms with van der Waals surface area (Å²) in [4.78, 5) is 0. The first-order valence-electron chi connectivity index (χ1n) is 5.00. The van der Waals surface area contributed by atoms with Gasteiger partial charge in [0.15, 0.2) is 0 Å². The lowest BCUT2D eigenvalue weighted by Gasteiger charge is -2.10. The van der Waals surface area contributed by atoms with E-state index in [1.807, 2.05) is 0 Å². The minimum atomic E-state index is 0.866. The molecule has 14 heavy (non-hydrogen) atoms. The normalized spacial score (nSPS) is 13.4. The van der Waals surface area contributed by atoms with Crippen LogP contribution in [0, 0.1) is 0 Å². The third-order valence-electron chi connectivity index (χ3n) is 2.69. The fourth-order valence-electron chi connectivity index (χ4n) is 1.96. The van der Waals surface area contributed by atoms with Crippen LogP contribution < -0.4 is 5.32 Å². The topological polar surface area (TPSA) is 12.0 Å². The molecule has 0 radical (unpaired) electrons. The van der Waals surface area contributed by atoms with Gasteiger partial charge >= 0.3 is 0 Å². The van der Waals surface area contributed by atoms with Crippen molar-refractivity contribution in [2.24, 2.45) is 0 Å². The highest BCUT2D eigenvalue weighted by atomic mass is 14.9. The molecule has 0 amide bonds. The van der Waals surface area contributed by atoms with Crippen molar-refractivity contribution in [3.8, 4) is 0 Å². The zero-order valence-electron chi connectivity index (χ0n) is 8.34. The number of hydrogen-bond acceptors (Lipinski definition) is 1. The van der Waals surface area contributed by atoms with Crippen LogP contribution in [0.25, 0.3) is 0 Å². The molecule has 2 rings (SSSR count). The van der Waals surface area contributed by atoms with Gasteiger partial charge < -0.3 is 5.32 Å². The molecule has 1 aromatic rings. The number of aryl methyl sites for hydroxylation is 1. The average Bonchev–Trinajstić information content (AvgIpc) is 2.66. The number of benzene rings is 1. The van der Waals surface area contributed by atoms with E-state index in [1.165, 1.54) is 36.1 Å². The van der Waals surface area contributed by atoms with Crippen LogP contribution in [0.4, 0.5) is 5.69 Å². The van der Waals surface area contributed by atoms with Crippen LogP contribution in [0.3, 0.4) is 0 Å². The number of hydrogen-bond donors (Lipinski definition) is 1. The number of rotatable bonds is 3. The highest BCUT2D eigenvalue weighted by Crippen LogP contribution is 2.29. The predicted octanol–water partition coefficient (Wildman–Crippen LogP) is 3.29. The second-order valence-electron chi connectivity index (χ2n) is 3.65. The van der Waals surface area contributed by atoms with Crippen LogP contribution in [-0.2, 0) is 12.8 Å². The second-order valence-corrected chi connectivity index (χ2v) is 3.65. The average molecular weight is 185 g/mol. The van der Waals surface area contributed by atoms with E-state index in [0.717, 1.165) is 5.70 Å². The van der Waals surface area contributed by atoms with Gasteiger partial charge in [0, 0.05) is 11.4 Å². The Morgan fingerprint density at radius 2 is 2.21 bits per heavy atom. The number of nitrogens with one attached hydrogen (secondary N) is 1. The first kappa shape index (κ1) is 9.07. The lowest BCUT2D eigenvalue weighted by Crippen LogP contribution is -1.98. The first-order chi connectivity index (χ1) is 6.81. The van der Waals surface area contributed by atoms with E-state index in [1.54, 1.807) is 6.08 Å². The Kier molecular flexibility index (Phi) is 2.40. The molecule has 0 unspecified atom stereocenters. The van der Waals surface area contributed by atoms with Crippen molar-refractivity contribution in [1.82, 2.24) is 0 Å². The number of allylic oxidation sites excluding steroid dienone is 1. The zero-order chi connectivity index (χ0) is 9.97. The maximum atomic E-state index is 3.86. The van der Waals surface area contributed by atoms with E-state index < -0.39 is 0 Å². The van der Waals surface area contributed by atoms with Crippen LogP contribution in [0.2, 0.25) is 0 Å². The largest absolute Gasteiger partial charge is 0.356 e. The number of anilines is 1. The molecular weight excluding hydrogens is 170 g/mol. The van der Waals surface area contributed by atoms with Gasteiger partial charge in [0.2, 0.25) is 0 Å². The highest BCUT2D eigenvalue weighted by Gasteiger charge is 2.13. The lowest BCUT2D eigenvalue weighted by molar-refractivity contribution is 0.912. The van der Waals surface area contributed by atoms with Gasteiger partial charge in [0.25, 0.3) is 0 Å². The molecule has 1 aromatic carbocycles. The molecule has 1 nitrogen and oxygen atoms in total. The van der Waals surface area contributed by atoms with Gasteiger partial charge in [-0.3, -0.25) is 0 Å². The number of fused-ring (bicyclic) bond motifs is 1. The standard InChI is InChI=1S/C13H15N/c1-3-10(2)14-13-9-5-7-11-6-4-8-12(11)13/h3,5,7,9,14H,1-2,4,6,8H2. The fourth-order valence-corrected chi connectivity index (χ4v) is 1.96. The molecule has 0 aromatic heterocycles. The van der Waals surface area contributed by atoms with Gasteiger partial charge in [-0.2, -0.15) is 0 Å². The summed E-state index contributed by atoms with van der Waals surface area (Å²) in [5, 5.41) is 3.28. The molecule has 0 fully saturated rings. The monoisotopic (exact) mass is 185 g/mol. The fraction of sp³-hybridized carbons (Fsp3) is 0.231. The Morgan fingerprint density at radius 3 is 3.00 bits per heavy atom. The molecule has 0 saturated carbocycles. The van der Waals surface area contributed by atoms with Crippen LogP contribution in [0.15, 0.2) is 43.1 Å². The van der Waals surface area contributed by atoms with Gasteiger partial charge in [-0.25, -0.2) is 0 Å². The van der Waals surface area contributed by atoms with Crippen LogP contribution in [-0.4, -0.2) is 0 Å². The maximum Gasteiger partial charge on any atom is 0.0419 e. The molecule has 0 heterocycles. The smallest absolute Gasteiger partial charge is 0.0419 e. The summed E-state index contributed by atoms with van der Waals surface area (Å²) in [5.41, 5.74) is 5.00. The Balaban J connectivity index is 2.30. The molecule has 0 spiro atoms. The second kappa shape index (κ2) is 3.70. The summed E-state index contributed by atoms with van der Waals surface area (Å²) >= 11 is 0. The minimum absolute atomic E-state index is 0.866. The third-order valence-corrected chi connectivity index (χ3v) is 2.69. The van der Waals surface area contributed by atoms with Crippen LogP contribution >= 0.6 is 0 Å². The molecule has 72 valence electrons. The SMILES string of the molecule is C=CC(=C)Nc1cccc2c1CCC2. The van der Waals surface area contributed by atoms with Crippen molar-refractivity contribution in [3.63, 3.8) is 0 Å². The Labute approximate surface area is 85.2 Å². The van der Waals surface area contributed by atoms with Gasteiger partial charge in [0.1, 0.15) is 0 Å². The molecular formula is C13H15N. The van der Waals surface area contributed by atoms with Crippen molar-refractivity contribution < 1.29 is 0 Å². The quantitative estimate of drug-likeness (QED) is 0.712. The van der Waals surface area contributed by atoms with E-state index >= 15 is 0 Å². The van der Waals surface area contributed by atoms with Crippen molar-refractivity contribution in [2.45, 2.75) is 19.3 Å². The van der Waals surface area contributed by atoms with E-state index in [2.05, 4.69) is 36.7 Å². The maximum absolute atomic E-state index is 3.86. The zero-order valence-corrected chi connectivity index (χ0v) is 8.34. The molecule has 0 saturated heterocycles. The molecule has 0 aliphatic heterocycles. The van der Waals surface area contributed by atoms with Crippen LogP contribution in [0.1, 0.15) is 17.5 Å². The summed E-state index contributed by atoms with van der Waals surface area (Å²) in [5.74, 6) is 0. The molecule has 0 bridgehead atoms. The van der Waals surface area contributed by atoms with E-state index in [9.17, 15) is 0 Å². The summed E-state index contributed by atoms with van der Waals surface area (Å²) in [6, 6.07) is 6.42. The summed E-state index contributed by atoms with van der Waals surface area (Å²) in [6.07, 6.45) is 5.41. The summed E-state index contributed by atoms with van der Waals surface area (Å²) < 4.78 is 0. The molecule has 1 aliphatic carbocycles. The van der Waals surface area contributed by atoms with Crippen molar-refractivity contribution in [1.29, 1.82) is 0 Å². The van der Waals surface area contributed by atoms with E-state index in [-0.39, 0.29) is 0 Å². The third kappa shape index (κ3) is 1.58. The highest BCUT2D eigenvalue weighted by molar-refractivity contribution is 5.60. The molecule has 1 heteroatoms. The molecule has 0 atom stereocenters. The molecule has 1 aliphatic rings. The van der Waals surface area contributed by atoms with E-state index in [0.29, 0.717) is 0 Å².